The summed E-state index contributed by atoms with van der Waals surface area (Å²) in [6.45, 7) is 5.18. The van der Waals surface area contributed by atoms with Crippen molar-refractivity contribution in [3.8, 4) is 0 Å². The number of benzene rings is 3. The molecule has 1 N–H and O–H groups in total. The zero-order chi connectivity index (χ0) is 27.3. The van der Waals surface area contributed by atoms with E-state index in [9.17, 15) is 13.2 Å². The van der Waals surface area contributed by atoms with E-state index in [2.05, 4.69) is 84.1 Å². The standard InChI is InChI=1S/C30H33N3O4S2/c1-2-20-37-29(34)33-23-28(21-27(33)22-32-19-18-31-39(32,35)36)38-30(24-12-6-3-7-13-24,25-14-8-4-9-15-25)26-16-10-5-11-17-26/h2-17,27-28,31H,1,18-23H2/t27-,28-/m0/s1. The number of rotatable bonds is 9. The van der Waals surface area contributed by atoms with E-state index in [0.29, 0.717) is 26.1 Å². The number of likely N-dealkylation sites (tertiary alicyclic amines) is 1. The van der Waals surface area contributed by atoms with Crippen molar-refractivity contribution in [3.05, 3.63) is 120 Å². The molecule has 0 spiro atoms. The van der Waals surface area contributed by atoms with Crippen LogP contribution in [0.25, 0.3) is 0 Å². The summed E-state index contributed by atoms with van der Waals surface area (Å²) >= 11 is 1.81. The van der Waals surface area contributed by atoms with Gasteiger partial charge in [-0.25, -0.2) is 9.52 Å². The van der Waals surface area contributed by atoms with Crippen LogP contribution in [0.4, 0.5) is 4.79 Å². The molecule has 0 radical (unpaired) electrons. The van der Waals surface area contributed by atoms with Gasteiger partial charge in [0.15, 0.2) is 0 Å². The minimum Gasteiger partial charge on any atom is -0.445 e. The zero-order valence-corrected chi connectivity index (χ0v) is 23.3. The van der Waals surface area contributed by atoms with E-state index in [-0.39, 0.29) is 24.4 Å². The highest BCUT2D eigenvalue weighted by molar-refractivity contribution is 8.01. The number of nitrogens with zero attached hydrogens (tertiary/aromatic N) is 2. The summed E-state index contributed by atoms with van der Waals surface area (Å²) < 4.78 is 33.9. The molecule has 0 saturated carbocycles. The van der Waals surface area contributed by atoms with Crippen molar-refractivity contribution in [1.82, 2.24) is 13.9 Å². The van der Waals surface area contributed by atoms with Crippen molar-refractivity contribution in [2.45, 2.75) is 22.5 Å². The number of thioether (sulfide) groups is 1. The summed E-state index contributed by atoms with van der Waals surface area (Å²) in [5.41, 5.74) is 3.42. The van der Waals surface area contributed by atoms with Crippen LogP contribution in [0, 0.1) is 0 Å². The highest BCUT2D eigenvalue weighted by Gasteiger charge is 2.46. The lowest BCUT2D eigenvalue weighted by Gasteiger charge is -2.37. The van der Waals surface area contributed by atoms with Crippen LogP contribution in [0.1, 0.15) is 23.1 Å². The van der Waals surface area contributed by atoms with Gasteiger partial charge in [0.05, 0.1) is 10.8 Å². The van der Waals surface area contributed by atoms with Gasteiger partial charge in [0.25, 0.3) is 10.2 Å². The van der Waals surface area contributed by atoms with Gasteiger partial charge < -0.3 is 9.64 Å². The number of hydrogen-bond donors (Lipinski definition) is 1. The maximum atomic E-state index is 13.1. The first-order valence-electron chi connectivity index (χ1n) is 13.1. The third kappa shape index (κ3) is 5.77. The van der Waals surface area contributed by atoms with Crippen LogP contribution in [-0.2, 0) is 19.7 Å². The zero-order valence-electron chi connectivity index (χ0n) is 21.7. The number of carbonyl (C=O) groups excluding carboxylic acids is 1. The first kappa shape index (κ1) is 27.5. The fourth-order valence-corrected chi connectivity index (χ4v) is 8.58. The predicted molar refractivity (Wildman–Crippen MR) is 156 cm³/mol. The quantitative estimate of drug-likeness (QED) is 0.304. The molecule has 5 rings (SSSR count). The second-order valence-corrected chi connectivity index (χ2v) is 13.0. The van der Waals surface area contributed by atoms with Crippen LogP contribution in [0.2, 0.25) is 0 Å². The largest absolute Gasteiger partial charge is 0.445 e. The van der Waals surface area contributed by atoms with Crippen molar-refractivity contribution in [3.63, 3.8) is 0 Å². The topological polar surface area (TPSA) is 79.0 Å². The monoisotopic (exact) mass is 563 g/mol. The normalized spacial score (nSPS) is 21.1. The van der Waals surface area contributed by atoms with Crippen LogP contribution >= 0.6 is 11.8 Å². The number of ether oxygens (including phenoxy) is 1. The van der Waals surface area contributed by atoms with Crippen molar-refractivity contribution in [2.24, 2.45) is 0 Å². The Balaban J connectivity index is 1.54. The Hall–Kier alpha value is -3.11. The molecule has 2 heterocycles. The smallest absolute Gasteiger partial charge is 0.410 e. The third-order valence-electron chi connectivity index (χ3n) is 7.22. The molecule has 2 saturated heterocycles. The Morgan fingerprint density at radius 2 is 1.51 bits per heavy atom. The molecule has 2 fully saturated rings. The Kier molecular flexibility index (Phi) is 8.42. The fraction of sp³-hybridized carbons (Fsp3) is 0.300. The highest BCUT2D eigenvalue weighted by atomic mass is 32.2. The van der Waals surface area contributed by atoms with E-state index < -0.39 is 21.0 Å². The summed E-state index contributed by atoms with van der Waals surface area (Å²) in [7, 11) is -3.54. The second-order valence-electron chi connectivity index (χ2n) is 9.68. The molecular weight excluding hydrogens is 530 g/mol. The van der Waals surface area contributed by atoms with E-state index in [1.165, 1.54) is 10.4 Å². The van der Waals surface area contributed by atoms with Gasteiger partial charge in [0, 0.05) is 31.4 Å². The minimum absolute atomic E-state index is 0.0187. The van der Waals surface area contributed by atoms with Crippen LogP contribution < -0.4 is 4.72 Å². The van der Waals surface area contributed by atoms with E-state index in [1.54, 1.807) is 4.90 Å². The second kappa shape index (κ2) is 12.0. The molecule has 2 aliphatic heterocycles. The summed E-state index contributed by atoms with van der Waals surface area (Å²) in [6.07, 6.45) is 1.72. The highest BCUT2D eigenvalue weighted by Crippen LogP contribution is 2.52. The summed E-state index contributed by atoms with van der Waals surface area (Å²) in [5, 5.41) is 0.0187. The van der Waals surface area contributed by atoms with E-state index in [0.717, 1.165) is 16.7 Å². The molecule has 2 aliphatic rings. The molecule has 3 aromatic carbocycles. The molecule has 0 aromatic heterocycles. The van der Waals surface area contributed by atoms with Gasteiger partial charge in [-0.15, -0.1) is 11.8 Å². The molecule has 1 amide bonds. The number of hydrogen-bond acceptors (Lipinski definition) is 5. The van der Waals surface area contributed by atoms with Crippen molar-refractivity contribution >= 4 is 28.1 Å². The van der Waals surface area contributed by atoms with Gasteiger partial charge in [0.2, 0.25) is 0 Å². The van der Waals surface area contributed by atoms with Crippen molar-refractivity contribution < 1.29 is 17.9 Å². The van der Waals surface area contributed by atoms with Crippen LogP contribution in [-0.4, -0.2) is 67.8 Å². The average molecular weight is 564 g/mol. The van der Waals surface area contributed by atoms with E-state index in [4.69, 9.17) is 4.74 Å². The molecule has 39 heavy (non-hydrogen) atoms. The Bertz CT molecular complexity index is 1270. The van der Waals surface area contributed by atoms with E-state index in [1.807, 2.05) is 30.0 Å². The van der Waals surface area contributed by atoms with Gasteiger partial charge in [-0.1, -0.05) is 104 Å². The Morgan fingerprint density at radius 1 is 0.974 bits per heavy atom. The first-order valence-corrected chi connectivity index (χ1v) is 15.4. The molecule has 2 atom stereocenters. The molecule has 3 aromatic rings. The van der Waals surface area contributed by atoms with Gasteiger partial charge in [-0.05, 0) is 23.1 Å². The van der Waals surface area contributed by atoms with Gasteiger partial charge in [0.1, 0.15) is 6.61 Å². The SMILES string of the molecule is C=CCOC(=O)N1C[C@@H](SC(c2ccccc2)(c2ccccc2)c2ccccc2)C[C@H]1CN1CCNS1(=O)=O. The molecule has 7 nitrogen and oxygen atoms in total. The molecule has 0 aliphatic carbocycles. The lowest BCUT2D eigenvalue weighted by atomic mass is 9.84. The van der Waals surface area contributed by atoms with Gasteiger partial charge >= 0.3 is 6.09 Å². The lowest BCUT2D eigenvalue weighted by molar-refractivity contribution is 0.104. The minimum atomic E-state index is -3.54. The first-order chi connectivity index (χ1) is 18.9. The maximum Gasteiger partial charge on any atom is 0.410 e. The van der Waals surface area contributed by atoms with Gasteiger partial charge in [-0.2, -0.15) is 12.7 Å². The molecule has 0 unspecified atom stereocenters. The number of nitrogens with one attached hydrogen (secondary N) is 1. The Labute approximate surface area is 235 Å². The number of amides is 1. The average Bonchev–Trinajstić information content (AvgIpc) is 3.53. The van der Waals surface area contributed by atoms with Gasteiger partial charge in [-0.3, -0.25) is 0 Å². The Morgan fingerprint density at radius 3 is 1.97 bits per heavy atom. The van der Waals surface area contributed by atoms with E-state index >= 15 is 0 Å². The molecular formula is C30H33N3O4S2. The summed E-state index contributed by atoms with van der Waals surface area (Å²) in [4.78, 5) is 14.8. The fourth-order valence-electron chi connectivity index (χ4n) is 5.48. The molecule has 9 heteroatoms. The van der Waals surface area contributed by atoms with Crippen molar-refractivity contribution in [2.75, 3.05) is 32.8 Å². The van der Waals surface area contributed by atoms with Crippen LogP contribution in [0.3, 0.4) is 0 Å². The summed E-state index contributed by atoms with van der Waals surface area (Å²) in [5.74, 6) is 0. The third-order valence-corrected chi connectivity index (χ3v) is 10.5. The lowest BCUT2D eigenvalue weighted by Crippen LogP contribution is -2.44. The molecule has 204 valence electrons. The maximum absolute atomic E-state index is 13.1. The summed E-state index contributed by atoms with van der Waals surface area (Å²) in [6, 6.07) is 31.0. The van der Waals surface area contributed by atoms with Crippen LogP contribution in [0.5, 0.6) is 0 Å². The number of carbonyl (C=O) groups is 1. The van der Waals surface area contributed by atoms with Crippen LogP contribution in [0.15, 0.2) is 104 Å². The van der Waals surface area contributed by atoms with Crippen molar-refractivity contribution in [1.29, 1.82) is 0 Å². The predicted octanol–water partition coefficient (Wildman–Crippen LogP) is 4.63. The molecule has 0 bridgehead atoms.